The van der Waals surface area contributed by atoms with Crippen LogP contribution in [0.5, 0.6) is 0 Å². The summed E-state index contributed by atoms with van der Waals surface area (Å²) in [6, 6.07) is 0. The third-order valence-corrected chi connectivity index (χ3v) is 2.92. The van der Waals surface area contributed by atoms with Crippen molar-refractivity contribution in [1.29, 1.82) is 0 Å². The Bertz CT molecular complexity index is 185. The van der Waals surface area contributed by atoms with Crippen molar-refractivity contribution in [2.24, 2.45) is 0 Å². The molecule has 2 nitrogen and oxygen atoms in total. The topological polar surface area (TPSA) is 21.3 Å². The monoisotopic (exact) mass is 231 g/mol. The van der Waals surface area contributed by atoms with Gasteiger partial charge < -0.3 is 10.1 Å². The van der Waals surface area contributed by atoms with Crippen LogP contribution in [0.1, 0.15) is 52.9 Å². The summed E-state index contributed by atoms with van der Waals surface area (Å²) < 4.78 is 19.0. The summed E-state index contributed by atoms with van der Waals surface area (Å²) >= 11 is 0. The Kier molecular flexibility index (Phi) is 5.70. The summed E-state index contributed by atoms with van der Waals surface area (Å²) in [6.07, 6.45) is 4.65. The van der Waals surface area contributed by atoms with Gasteiger partial charge in [-0.15, -0.1) is 0 Å². The maximum Gasteiger partial charge on any atom is 0.113 e. The number of nitrogens with one attached hydrogen (secondary N) is 1. The van der Waals surface area contributed by atoms with Crippen LogP contribution in [0.15, 0.2) is 0 Å². The van der Waals surface area contributed by atoms with Gasteiger partial charge in [0.05, 0.1) is 6.10 Å². The van der Waals surface area contributed by atoms with E-state index < -0.39 is 6.17 Å². The van der Waals surface area contributed by atoms with E-state index in [-0.39, 0.29) is 5.54 Å². The molecule has 2 atom stereocenters. The standard InChI is InChI=1S/C13H26FNO/c1-13(2,3)15-10-11(14)6-4-7-12-8-5-9-16-12/h11-12,15H,4-10H2,1-3H3. The highest BCUT2D eigenvalue weighted by Crippen LogP contribution is 2.18. The largest absolute Gasteiger partial charge is 0.378 e. The normalized spacial score (nSPS) is 23.6. The maximum absolute atomic E-state index is 13.5. The lowest BCUT2D eigenvalue weighted by molar-refractivity contribution is 0.0995. The van der Waals surface area contributed by atoms with Crippen LogP contribution in [0.2, 0.25) is 0 Å². The van der Waals surface area contributed by atoms with E-state index in [0.29, 0.717) is 19.1 Å². The Labute approximate surface area is 98.9 Å². The molecule has 1 aliphatic rings. The summed E-state index contributed by atoms with van der Waals surface area (Å²) in [5.41, 5.74) is 0.0128. The molecule has 1 aliphatic heterocycles. The predicted molar refractivity (Wildman–Crippen MR) is 65.5 cm³/mol. The van der Waals surface area contributed by atoms with E-state index >= 15 is 0 Å². The van der Waals surface area contributed by atoms with Gasteiger partial charge in [0, 0.05) is 18.7 Å². The Hall–Kier alpha value is -0.150. The smallest absolute Gasteiger partial charge is 0.113 e. The molecule has 1 rings (SSSR count). The zero-order valence-corrected chi connectivity index (χ0v) is 10.9. The summed E-state index contributed by atoms with van der Waals surface area (Å²) in [4.78, 5) is 0. The molecule has 1 saturated heterocycles. The van der Waals surface area contributed by atoms with Crippen molar-refractivity contribution in [3.8, 4) is 0 Å². The van der Waals surface area contributed by atoms with E-state index in [1.54, 1.807) is 0 Å². The highest BCUT2D eigenvalue weighted by molar-refractivity contribution is 4.73. The van der Waals surface area contributed by atoms with Crippen molar-refractivity contribution in [2.75, 3.05) is 13.2 Å². The number of hydrogen-bond acceptors (Lipinski definition) is 2. The van der Waals surface area contributed by atoms with Gasteiger partial charge in [-0.3, -0.25) is 0 Å². The van der Waals surface area contributed by atoms with E-state index in [9.17, 15) is 4.39 Å². The van der Waals surface area contributed by atoms with Crippen molar-refractivity contribution in [3.05, 3.63) is 0 Å². The van der Waals surface area contributed by atoms with Gasteiger partial charge in [0.25, 0.3) is 0 Å². The van der Waals surface area contributed by atoms with Crippen LogP contribution in [0.3, 0.4) is 0 Å². The maximum atomic E-state index is 13.5. The lowest BCUT2D eigenvalue weighted by Crippen LogP contribution is -2.39. The minimum atomic E-state index is -0.722. The number of ether oxygens (including phenoxy) is 1. The van der Waals surface area contributed by atoms with E-state index in [1.165, 1.54) is 6.42 Å². The lowest BCUT2D eigenvalue weighted by Gasteiger charge is -2.22. The van der Waals surface area contributed by atoms with Crippen molar-refractivity contribution >= 4 is 0 Å². The summed E-state index contributed by atoms with van der Waals surface area (Å²) in [5.74, 6) is 0. The molecule has 0 aromatic heterocycles. The fourth-order valence-electron chi connectivity index (χ4n) is 1.96. The van der Waals surface area contributed by atoms with E-state index in [4.69, 9.17) is 4.74 Å². The molecule has 0 spiro atoms. The second-order valence-electron chi connectivity index (χ2n) is 5.79. The van der Waals surface area contributed by atoms with Crippen LogP contribution in [0, 0.1) is 0 Å². The van der Waals surface area contributed by atoms with Crippen LogP contribution in [-0.2, 0) is 4.74 Å². The van der Waals surface area contributed by atoms with Crippen LogP contribution in [-0.4, -0.2) is 31.0 Å². The second-order valence-corrected chi connectivity index (χ2v) is 5.79. The molecule has 2 unspecified atom stereocenters. The van der Waals surface area contributed by atoms with Gasteiger partial charge in [0.2, 0.25) is 0 Å². The first kappa shape index (κ1) is 13.9. The average molecular weight is 231 g/mol. The molecule has 96 valence electrons. The Morgan fingerprint density at radius 1 is 1.44 bits per heavy atom. The zero-order valence-electron chi connectivity index (χ0n) is 10.9. The van der Waals surface area contributed by atoms with Crippen molar-refractivity contribution in [3.63, 3.8) is 0 Å². The molecule has 3 heteroatoms. The highest BCUT2D eigenvalue weighted by atomic mass is 19.1. The molecule has 1 fully saturated rings. The van der Waals surface area contributed by atoms with E-state index in [1.807, 2.05) is 0 Å². The summed E-state index contributed by atoms with van der Waals surface area (Å²) in [5, 5.41) is 3.19. The minimum absolute atomic E-state index is 0.0128. The molecule has 0 aromatic carbocycles. The number of alkyl halides is 1. The SMILES string of the molecule is CC(C)(C)NCC(F)CCCC1CCCO1. The first-order chi connectivity index (χ1) is 7.47. The van der Waals surface area contributed by atoms with Crippen LogP contribution in [0.4, 0.5) is 4.39 Å². The van der Waals surface area contributed by atoms with E-state index in [0.717, 1.165) is 25.9 Å². The zero-order chi connectivity index (χ0) is 12.0. The molecule has 1 N–H and O–H groups in total. The minimum Gasteiger partial charge on any atom is -0.378 e. The molecule has 16 heavy (non-hydrogen) atoms. The fourth-order valence-corrected chi connectivity index (χ4v) is 1.96. The van der Waals surface area contributed by atoms with Crippen LogP contribution < -0.4 is 5.32 Å². The Balaban J connectivity index is 1.99. The van der Waals surface area contributed by atoms with Gasteiger partial charge in [0.1, 0.15) is 6.17 Å². The van der Waals surface area contributed by atoms with Gasteiger partial charge >= 0.3 is 0 Å². The van der Waals surface area contributed by atoms with Gasteiger partial charge in [-0.2, -0.15) is 0 Å². The van der Waals surface area contributed by atoms with Crippen molar-refractivity contribution < 1.29 is 9.13 Å². The van der Waals surface area contributed by atoms with Crippen LogP contribution in [0.25, 0.3) is 0 Å². The second kappa shape index (κ2) is 6.55. The van der Waals surface area contributed by atoms with Gasteiger partial charge in [0.15, 0.2) is 0 Å². The number of halogens is 1. The molecule has 0 bridgehead atoms. The van der Waals surface area contributed by atoms with Gasteiger partial charge in [-0.1, -0.05) is 0 Å². The summed E-state index contributed by atoms with van der Waals surface area (Å²) in [6.45, 7) is 7.55. The first-order valence-corrected chi connectivity index (χ1v) is 6.48. The third kappa shape index (κ3) is 6.44. The van der Waals surface area contributed by atoms with Gasteiger partial charge in [-0.05, 0) is 52.9 Å². The summed E-state index contributed by atoms with van der Waals surface area (Å²) in [7, 11) is 0. The molecule has 0 radical (unpaired) electrons. The molecule has 0 aliphatic carbocycles. The third-order valence-electron chi connectivity index (χ3n) is 2.92. The molecule has 0 aromatic rings. The number of rotatable bonds is 6. The fraction of sp³-hybridized carbons (Fsp3) is 1.00. The Morgan fingerprint density at radius 3 is 2.75 bits per heavy atom. The molecular formula is C13H26FNO. The highest BCUT2D eigenvalue weighted by Gasteiger charge is 2.17. The number of hydrogen-bond donors (Lipinski definition) is 1. The molecular weight excluding hydrogens is 205 g/mol. The lowest BCUT2D eigenvalue weighted by atomic mass is 10.1. The van der Waals surface area contributed by atoms with Gasteiger partial charge in [-0.25, -0.2) is 4.39 Å². The van der Waals surface area contributed by atoms with Crippen molar-refractivity contribution in [2.45, 2.75) is 70.7 Å². The van der Waals surface area contributed by atoms with Crippen LogP contribution >= 0.6 is 0 Å². The Morgan fingerprint density at radius 2 is 2.19 bits per heavy atom. The first-order valence-electron chi connectivity index (χ1n) is 6.48. The van der Waals surface area contributed by atoms with E-state index in [2.05, 4.69) is 26.1 Å². The average Bonchev–Trinajstić information content (AvgIpc) is 2.66. The molecule has 1 heterocycles. The quantitative estimate of drug-likeness (QED) is 0.758. The van der Waals surface area contributed by atoms with Crippen molar-refractivity contribution in [1.82, 2.24) is 5.32 Å². The molecule has 0 saturated carbocycles. The predicted octanol–water partition coefficient (Wildman–Crippen LogP) is 3.06. The molecule has 0 amide bonds.